The van der Waals surface area contributed by atoms with E-state index in [2.05, 4.69) is 26.5 Å². The Labute approximate surface area is 112 Å². The van der Waals surface area contributed by atoms with Gasteiger partial charge in [0.2, 0.25) is 11.7 Å². The quantitative estimate of drug-likeness (QED) is 0.894. The molecule has 0 aromatic carbocycles. The number of aromatic nitrogens is 3. The molecule has 100 valence electrons. The van der Waals surface area contributed by atoms with Gasteiger partial charge < -0.3 is 9.84 Å². The normalized spacial score (nSPS) is 16.7. The highest BCUT2D eigenvalue weighted by atomic mass is 16.5. The van der Waals surface area contributed by atoms with Crippen LogP contribution in [0, 0.1) is 13.8 Å². The van der Waals surface area contributed by atoms with Crippen LogP contribution in [-0.4, -0.2) is 28.2 Å². The molecule has 0 spiro atoms. The third-order valence-electron chi connectivity index (χ3n) is 3.56. The molecule has 3 rings (SSSR count). The number of nitrogens with zero attached hydrogens (tertiary/aromatic N) is 3. The Balaban J connectivity index is 1.87. The SMILES string of the molecule is Cc1cnc(-c2noc(C3CCNCC3)n2)c(C)c1. The van der Waals surface area contributed by atoms with Crippen molar-refractivity contribution in [2.24, 2.45) is 0 Å². The average Bonchev–Trinajstić information content (AvgIpc) is 2.89. The molecule has 0 saturated carbocycles. The molecule has 0 radical (unpaired) electrons. The Hall–Kier alpha value is -1.75. The first kappa shape index (κ1) is 12.3. The number of aryl methyl sites for hydroxylation is 2. The van der Waals surface area contributed by atoms with Gasteiger partial charge in [0.25, 0.3) is 0 Å². The van der Waals surface area contributed by atoms with Gasteiger partial charge in [0.1, 0.15) is 5.69 Å². The van der Waals surface area contributed by atoms with Gasteiger partial charge in [0.05, 0.1) is 0 Å². The Morgan fingerprint density at radius 3 is 2.79 bits per heavy atom. The zero-order valence-electron chi connectivity index (χ0n) is 11.3. The molecule has 3 heterocycles. The van der Waals surface area contributed by atoms with Gasteiger partial charge in [-0.05, 0) is 50.9 Å². The Bertz CT molecular complexity index is 573. The largest absolute Gasteiger partial charge is 0.339 e. The van der Waals surface area contributed by atoms with Gasteiger partial charge in [-0.25, -0.2) is 0 Å². The smallest absolute Gasteiger partial charge is 0.230 e. The lowest BCUT2D eigenvalue weighted by Crippen LogP contribution is -2.26. The molecule has 0 atom stereocenters. The third-order valence-corrected chi connectivity index (χ3v) is 3.56. The molecule has 0 aliphatic carbocycles. The summed E-state index contributed by atoms with van der Waals surface area (Å²) >= 11 is 0. The Morgan fingerprint density at radius 1 is 1.26 bits per heavy atom. The lowest BCUT2D eigenvalue weighted by atomic mass is 9.98. The van der Waals surface area contributed by atoms with Crippen molar-refractivity contribution in [3.05, 3.63) is 29.3 Å². The second-order valence-electron chi connectivity index (χ2n) is 5.16. The van der Waals surface area contributed by atoms with Crippen molar-refractivity contribution in [3.63, 3.8) is 0 Å². The molecule has 1 fully saturated rings. The summed E-state index contributed by atoms with van der Waals surface area (Å²) in [6.07, 6.45) is 3.95. The summed E-state index contributed by atoms with van der Waals surface area (Å²) in [6.45, 7) is 6.09. The molecular weight excluding hydrogens is 240 g/mol. The molecule has 5 nitrogen and oxygen atoms in total. The molecule has 1 aliphatic rings. The predicted octanol–water partition coefficient (Wildman–Crippen LogP) is 2.22. The van der Waals surface area contributed by atoms with Gasteiger partial charge in [-0.15, -0.1) is 0 Å². The lowest BCUT2D eigenvalue weighted by molar-refractivity contribution is 0.320. The first-order chi connectivity index (χ1) is 9.24. The summed E-state index contributed by atoms with van der Waals surface area (Å²) in [4.78, 5) is 8.94. The van der Waals surface area contributed by atoms with Gasteiger partial charge in [0, 0.05) is 12.1 Å². The van der Waals surface area contributed by atoms with E-state index < -0.39 is 0 Å². The van der Waals surface area contributed by atoms with E-state index in [9.17, 15) is 0 Å². The summed E-state index contributed by atoms with van der Waals surface area (Å²) in [6, 6.07) is 2.09. The van der Waals surface area contributed by atoms with E-state index in [-0.39, 0.29) is 0 Å². The van der Waals surface area contributed by atoms with Crippen molar-refractivity contribution in [1.29, 1.82) is 0 Å². The fourth-order valence-corrected chi connectivity index (χ4v) is 2.52. The van der Waals surface area contributed by atoms with Crippen molar-refractivity contribution < 1.29 is 4.52 Å². The zero-order chi connectivity index (χ0) is 13.2. The molecule has 2 aromatic rings. The third kappa shape index (κ3) is 2.51. The number of nitrogens with one attached hydrogen (secondary N) is 1. The molecule has 19 heavy (non-hydrogen) atoms. The Kier molecular flexibility index (Phi) is 3.29. The van der Waals surface area contributed by atoms with Crippen molar-refractivity contribution in [3.8, 4) is 11.5 Å². The van der Waals surface area contributed by atoms with Crippen LogP contribution in [0.25, 0.3) is 11.5 Å². The minimum Gasteiger partial charge on any atom is -0.339 e. The van der Waals surface area contributed by atoms with E-state index in [1.807, 2.05) is 20.0 Å². The van der Waals surface area contributed by atoms with Crippen LogP contribution in [0.2, 0.25) is 0 Å². The second kappa shape index (κ2) is 5.09. The molecule has 0 amide bonds. The molecule has 5 heteroatoms. The lowest BCUT2D eigenvalue weighted by Gasteiger charge is -2.18. The summed E-state index contributed by atoms with van der Waals surface area (Å²) in [5, 5.41) is 7.42. The molecule has 1 aliphatic heterocycles. The maximum atomic E-state index is 5.41. The molecule has 1 N–H and O–H groups in total. The standard InChI is InChI=1S/C14H18N4O/c1-9-7-10(2)12(16-8-9)13-17-14(19-18-13)11-3-5-15-6-4-11/h7-8,11,15H,3-6H2,1-2H3. The first-order valence-electron chi connectivity index (χ1n) is 6.72. The highest BCUT2D eigenvalue weighted by molar-refractivity contribution is 5.54. The van der Waals surface area contributed by atoms with E-state index >= 15 is 0 Å². The number of pyridine rings is 1. The van der Waals surface area contributed by atoms with Gasteiger partial charge >= 0.3 is 0 Å². The summed E-state index contributed by atoms with van der Waals surface area (Å²) < 4.78 is 5.41. The number of hydrogen-bond acceptors (Lipinski definition) is 5. The van der Waals surface area contributed by atoms with Crippen LogP contribution >= 0.6 is 0 Å². The van der Waals surface area contributed by atoms with Crippen LogP contribution in [0.15, 0.2) is 16.8 Å². The van der Waals surface area contributed by atoms with E-state index in [4.69, 9.17) is 4.52 Å². The van der Waals surface area contributed by atoms with Gasteiger partial charge in [-0.3, -0.25) is 4.98 Å². The van der Waals surface area contributed by atoms with E-state index in [1.54, 1.807) is 0 Å². The predicted molar refractivity (Wildman–Crippen MR) is 71.8 cm³/mol. The first-order valence-corrected chi connectivity index (χ1v) is 6.72. The fraction of sp³-hybridized carbons (Fsp3) is 0.500. The molecule has 1 saturated heterocycles. The molecule has 2 aromatic heterocycles. The molecular formula is C14H18N4O. The van der Waals surface area contributed by atoms with E-state index in [0.29, 0.717) is 11.7 Å². The summed E-state index contributed by atoms with van der Waals surface area (Å²) in [5.74, 6) is 1.73. The summed E-state index contributed by atoms with van der Waals surface area (Å²) in [5.41, 5.74) is 3.04. The number of hydrogen-bond donors (Lipinski definition) is 1. The second-order valence-corrected chi connectivity index (χ2v) is 5.16. The van der Waals surface area contributed by atoms with Crippen LogP contribution in [-0.2, 0) is 0 Å². The van der Waals surface area contributed by atoms with Crippen LogP contribution in [0.3, 0.4) is 0 Å². The molecule has 0 bridgehead atoms. The summed E-state index contributed by atoms with van der Waals surface area (Å²) in [7, 11) is 0. The van der Waals surface area contributed by atoms with Crippen LogP contribution in [0.1, 0.15) is 35.8 Å². The maximum Gasteiger partial charge on any atom is 0.230 e. The Morgan fingerprint density at radius 2 is 2.05 bits per heavy atom. The minimum absolute atomic E-state index is 0.383. The average molecular weight is 258 g/mol. The van der Waals surface area contributed by atoms with Crippen molar-refractivity contribution >= 4 is 0 Å². The topological polar surface area (TPSA) is 63.8 Å². The fourth-order valence-electron chi connectivity index (χ4n) is 2.52. The minimum atomic E-state index is 0.383. The van der Waals surface area contributed by atoms with Crippen molar-refractivity contribution in [1.82, 2.24) is 20.4 Å². The van der Waals surface area contributed by atoms with Gasteiger partial charge in [-0.1, -0.05) is 11.2 Å². The van der Waals surface area contributed by atoms with Crippen molar-refractivity contribution in [2.75, 3.05) is 13.1 Å². The van der Waals surface area contributed by atoms with Gasteiger partial charge in [0.15, 0.2) is 0 Å². The monoisotopic (exact) mass is 258 g/mol. The maximum absolute atomic E-state index is 5.41. The molecule has 0 unspecified atom stereocenters. The van der Waals surface area contributed by atoms with Crippen LogP contribution < -0.4 is 5.32 Å². The van der Waals surface area contributed by atoms with E-state index in [1.165, 1.54) is 0 Å². The van der Waals surface area contributed by atoms with Crippen molar-refractivity contribution in [2.45, 2.75) is 32.6 Å². The zero-order valence-corrected chi connectivity index (χ0v) is 11.3. The number of rotatable bonds is 2. The van der Waals surface area contributed by atoms with Crippen LogP contribution in [0.5, 0.6) is 0 Å². The number of piperidine rings is 1. The van der Waals surface area contributed by atoms with Gasteiger partial charge in [-0.2, -0.15) is 4.98 Å². The highest BCUT2D eigenvalue weighted by Crippen LogP contribution is 2.26. The van der Waals surface area contributed by atoms with E-state index in [0.717, 1.165) is 48.6 Å². The highest BCUT2D eigenvalue weighted by Gasteiger charge is 2.22. The van der Waals surface area contributed by atoms with Crippen LogP contribution in [0.4, 0.5) is 0 Å².